The van der Waals surface area contributed by atoms with Crippen LogP contribution >= 0.6 is 11.6 Å². The van der Waals surface area contributed by atoms with Gasteiger partial charge in [0.1, 0.15) is 5.15 Å². The molecule has 2 aromatic heterocycles. The maximum atomic E-state index is 5.92. The summed E-state index contributed by atoms with van der Waals surface area (Å²) < 4.78 is 0. The Morgan fingerprint density at radius 3 is 2.83 bits per heavy atom. The Hall–Kier alpha value is -1.02. The second-order valence-electron chi connectivity index (χ2n) is 2.89. The Labute approximate surface area is 75.6 Å². The van der Waals surface area contributed by atoms with Gasteiger partial charge in [0.25, 0.3) is 0 Å². The minimum Gasteiger partial charge on any atom is -0.360 e. The summed E-state index contributed by atoms with van der Waals surface area (Å²) in [6.07, 6.45) is 1.88. The van der Waals surface area contributed by atoms with E-state index in [0.717, 1.165) is 16.6 Å². The molecule has 0 aliphatic heterocycles. The summed E-state index contributed by atoms with van der Waals surface area (Å²) in [5.41, 5.74) is 4.24. The quantitative estimate of drug-likeness (QED) is 0.621. The molecule has 0 spiro atoms. The van der Waals surface area contributed by atoms with Crippen LogP contribution in [0.3, 0.4) is 0 Å². The van der Waals surface area contributed by atoms with Crippen molar-refractivity contribution in [2.45, 2.75) is 13.8 Å². The third-order valence-corrected chi connectivity index (χ3v) is 2.56. The molecule has 2 nitrogen and oxygen atoms in total. The molecule has 0 aromatic carbocycles. The summed E-state index contributed by atoms with van der Waals surface area (Å²) in [7, 11) is 0. The summed E-state index contributed by atoms with van der Waals surface area (Å²) in [5.74, 6) is 0. The van der Waals surface area contributed by atoms with E-state index in [1.807, 2.05) is 26.1 Å². The number of aromatic amines is 1. The number of hydrogen-bond acceptors (Lipinski definition) is 1. The molecular weight excluding hydrogens is 172 g/mol. The predicted molar refractivity (Wildman–Crippen MR) is 50.6 cm³/mol. The molecule has 0 fully saturated rings. The minimum absolute atomic E-state index is 0.597. The molecule has 0 unspecified atom stereocenters. The fraction of sp³-hybridized carbons (Fsp3) is 0.222. The minimum atomic E-state index is 0.597. The van der Waals surface area contributed by atoms with Crippen molar-refractivity contribution in [3.63, 3.8) is 0 Å². The maximum Gasteiger partial charge on any atom is 0.133 e. The number of rotatable bonds is 0. The van der Waals surface area contributed by atoms with Crippen LogP contribution < -0.4 is 0 Å². The smallest absolute Gasteiger partial charge is 0.133 e. The zero-order valence-corrected chi connectivity index (χ0v) is 7.74. The first kappa shape index (κ1) is 7.62. The Bertz CT molecular complexity index is 431. The van der Waals surface area contributed by atoms with Crippen LogP contribution in [0, 0.1) is 13.8 Å². The van der Waals surface area contributed by atoms with Gasteiger partial charge in [-0.2, -0.15) is 0 Å². The van der Waals surface area contributed by atoms with Crippen molar-refractivity contribution in [2.24, 2.45) is 0 Å². The number of aryl methyl sites for hydroxylation is 1. The summed E-state index contributed by atoms with van der Waals surface area (Å²) in [4.78, 5) is 7.36. The molecule has 0 atom stereocenters. The van der Waals surface area contributed by atoms with E-state index >= 15 is 0 Å². The molecule has 62 valence electrons. The van der Waals surface area contributed by atoms with Crippen molar-refractivity contribution in [1.82, 2.24) is 9.97 Å². The van der Waals surface area contributed by atoms with Crippen LogP contribution in [0.15, 0.2) is 12.3 Å². The maximum absolute atomic E-state index is 5.92. The highest BCUT2D eigenvalue weighted by Gasteiger charge is 2.06. The normalized spacial score (nSPS) is 10.9. The van der Waals surface area contributed by atoms with E-state index in [2.05, 4.69) is 9.97 Å². The molecule has 0 saturated carbocycles. The van der Waals surface area contributed by atoms with Gasteiger partial charge in [-0.05, 0) is 31.0 Å². The van der Waals surface area contributed by atoms with E-state index in [1.165, 1.54) is 5.56 Å². The number of H-pyrrole nitrogens is 1. The number of pyridine rings is 1. The molecule has 1 N–H and O–H groups in total. The number of halogens is 1. The molecule has 2 heterocycles. The molecular formula is C9H9ClN2. The second-order valence-corrected chi connectivity index (χ2v) is 3.25. The number of fused-ring (bicyclic) bond motifs is 1. The zero-order valence-electron chi connectivity index (χ0n) is 6.98. The first-order chi connectivity index (χ1) is 5.70. The van der Waals surface area contributed by atoms with Crippen molar-refractivity contribution in [3.8, 4) is 0 Å². The topological polar surface area (TPSA) is 28.7 Å². The van der Waals surface area contributed by atoms with Gasteiger partial charge < -0.3 is 4.98 Å². The van der Waals surface area contributed by atoms with Gasteiger partial charge in [0, 0.05) is 6.20 Å². The summed E-state index contributed by atoms with van der Waals surface area (Å²) in [6.45, 7) is 4.02. The molecule has 2 aromatic rings. The zero-order chi connectivity index (χ0) is 8.72. The van der Waals surface area contributed by atoms with Gasteiger partial charge in [0.15, 0.2) is 0 Å². The van der Waals surface area contributed by atoms with Crippen LogP contribution in [0.4, 0.5) is 0 Å². The van der Waals surface area contributed by atoms with Crippen molar-refractivity contribution in [2.75, 3.05) is 0 Å². The van der Waals surface area contributed by atoms with Gasteiger partial charge in [-0.1, -0.05) is 11.6 Å². The third kappa shape index (κ3) is 0.916. The average molecular weight is 181 g/mol. The Balaban J connectivity index is 2.94. The fourth-order valence-electron chi connectivity index (χ4n) is 1.29. The number of hydrogen-bond donors (Lipinski definition) is 1. The van der Waals surface area contributed by atoms with Crippen LogP contribution in [0.5, 0.6) is 0 Å². The lowest BCUT2D eigenvalue weighted by atomic mass is 10.1. The lowest BCUT2D eigenvalue weighted by Gasteiger charge is -2.02. The Morgan fingerprint density at radius 2 is 2.08 bits per heavy atom. The third-order valence-electron chi connectivity index (χ3n) is 2.19. The molecule has 0 amide bonds. The highest BCUT2D eigenvalue weighted by Crippen LogP contribution is 2.23. The largest absolute Gasteiger partial charge is 0.360 e. The fourth-order valence-corrected chi connectivity index (χ4v) is 1.52. The van der Waals surface area contributed by atoms with Crippen LogP contribution in [0.1, 0.15) is 11.1 Å². The summed E-state index contributed by atoms with van der Waals surface area (Å²) in [6, 6.07) is 1.92. The highest BCUT2D eigenvalue weighted by molar-refractivity contribution is 6.30. The predicted octanol–water partition coefficient (Wildman–Crippen LogP) is 2.83. The Kier molecular flexibility index (Phi) is 1.58. The second kappa shape index (κ2) is 2.49. The molecule has 12 heavy (non-hydrogen) atoms. The molecule has 0 radical (unpaired) electrons. The first-order valence-corrected chi connectivity index (χ1v) is 4.17. The van der Waals surface area contributed by atoms with Crippen LogP contribution in [-0.2, 0) is 0 Å². The van der Waals surface area contributed by atoms with E-state index in [1.54, 1.807) is 0 Å². The molecule has 0 aliphatic rings. The van der Waals surface area contributed by atoms with Gasteiger partial charge in [0.05, 0.1) is 11.0 Å². The monoisotopic (exact) mass is 180 g/mol. The van der Waals surface area contributed by atoms with Crippen LogP contribution in [0.25, 0.3) is 11.0 Å². The van der Waals surface area contributed by atoms with Gasteiger partial charge in [-0.25, -0.2) is 4.98 Å². The van der Waals surface area contributed by atoms with Gasteiger partial charge >= 0.3 is 0 Å². The van der Waals surface area contributed by atoms with E-state index in [0.29, 0.717) is 5.15 Å². The van der Waals surface area contributed by atoms with Crippen molar-refractivity contribution >= 4 is 22.6 Å². The molecule has 0 aliphatic carbocycles. The van der Waals surface area contributed by atoms with E-state index < -0.39 is 0 Å². The van der Waals surface area contributed by atoms with Gasteiger partial charge in [-0.15, -0.1) is 0 Å². The summed E-state index contributed by atoms with van der Waals surface area (Å²) in [5, 5.41) is 0.597. The summed E-state index contributed by atoms with van der Waals surface area (Å²) >= 11 is 5.92. The lowest BCUT2D eigenvalue weighted by molar-refractivity contribution is 1.27. The number of nitrogens with one attached hydrogen (secondary N) is 1. The molecule has 3 heteroatoms. The standard InChI is InChI=1S/C9H9ClN2/c1-5-6(2)9(10)12-7-3-4-11-8(5)7/h3-4,11H,1-2H3. The molecule has 2 rings (SSSR count). The number of nitrogens with zero attached hydrogens (tertiary/aromatic N) is 1. The van der Waals surface area contributed by atoms with E-state index in [9.17, 15) is 0 Å². The van der Waals surface area contributed by atoms with Gasteiger partial charge in [0.2, 0.25) is 0 Å². The first-order valence-electron chi connectivity index (χ1n) is 3.80. The van der Waals surface area contributed by atoms with Crippen molar-refractivity contribution in [1.29, 1.82) is 0 Å². The van der Waals surface area contributed by atoms with Gasteiger partial charge in [-0.3, -0.25) is 0 Å². The van der Waals surface area contributed by atoms with Crippen molar-refractivity contribution < 1.29 is 0 Å². The lowest BCUT2D eigenvalue weighted by Crippen LogP contribution is -1.88. The molecule has 0 bridgehead atoms. The van der Waals surface area contributed by atoms with Crippen LogP contribution in [0.2, 0.25) is 5.15 Å². The van der Waals surface area contributed by atoms with Crippen molar-refractivity contribution in [3.05, 3.63) is 28.5 Å². The van der Waals surface area contributed by atoms with Crippen LogP contribution in [-0.4, -0.2) is 9.97 Å². The SMILES string of the molecule is Cc1c(Cl)nc2cc[nH]c2c1C. The van der Waals surface area contributed by atoms with E-state index in [4.69, 9.17) is 11.6 Å². The number of aromatic nitrogens is 2. The average Bonchev–Trinajstić information content (AvgIpc) is 2.48. The molecule has 0 saturated heterocycles. The Morgan fingerprint density at radius 1 is 1.33 bits per heavy atom. The van der Waals surface area contributed by atoms with E-state index in [-0.39, 0.29) is 0 Å². The highest BCUT2D eigenvalue weighted by atomic mass is 35.5.